The van der Waals surface area contributed by atoms with Gasteiger partial charge in [0.25, 0.3) is 0 Å². The van der Waals surface area contributed by atoms with Crippen LogP contribution in [0.15, 0.2) is 17.0 Å². The van der Waals surface area contributed by atoms with E-state index in [2.05, 4.69) is 31.2 Å². The highest BCUT2D eigenvalue weighted by atomic mass is 79.9. The number of nitrogens with one attached hydrogen (secondary N) is 1. The van der Waals surface area contributed by atoms with Crippen molar-refractivity contribution in [1.82, 2.24) is 15.3 Å². The van der Waals surface area contributed by atoms with Crippen LogP contribution in [-0.4, -0.2) is 47.7 Å². The van der Waals surface area contributed by atoms with Gasteiger partial charge in [0.1, 0.15) is 22.8 Å². The Labute approximate surface area is 120 Å². The molecule has 0 spiro atoms. The molecule has 2 heterocycles. The molecule has 7 heteroatoms. The fourth-order valence-electron chi connectivity index (χ4n) is 1.96. The van der Waals surface area contributed by atoms with E-state index >= 15 is 0 Å². The number of carbonyl (C=O) groups is 1. The van der Waals surface area contributed by atoms with Crippen molar-refractivity contribution in [3.63, 3.8) is 0 Å². The van der Waals surface area contributed by atoms with Crippen LogP contribution in [0.3, 0.4) is 0 Å². The number of hydrogen-bond acceptors (Lipinski definition) is 5. The predicted octanol–water partition coefficient (Wildman–Crippen LogP) is 0.969. The zero-order valence-corrected chi connectivity index (χ0v) is 12.6. The molecule has 0 bridgehead atoms. The van der Waals surface area contributed by atoms with Crippen LogP contribution in [0.1, 0.15) is 13.8 Å². The lowest BCUT2D eigenvalue weighted by Crippen LogP contribution is -2.55. The molecule has 1 aromatic rings. The average Bonchev–Trinajstić information content (AvgIpc) is 2.38. The minimum absolute atomic E-state index is 0.0376. The van der Waals surface area contributed by atoms with Crippen LogP contribution in [0.4, 0.5) is 5.82 Å². The molecule has 1 N–H and O–H groups in total. The largest absolute Gasteiger partial charge is 0.377 e. The Morgan fingerprint density at radius 3 is 3.05 bits per heavy atom. The second-order valence-electron chi connectivity index (χ2n) is 4.65. The van der Waals surface area contributed by atoms with E-state index in [9.17, 15) is 4.79 Å². The summed E-state index contributed by atoms with van der Waals surface area (Å²) in [4.78, 5) is 22.4. The van der Waals surface area contributed by atoms with Crippen LogP contribution in [0.5, 0.6) is 0 Å². The monoisotopic (exact) mass is 328 g/mol. The third kappa shape index (κ3) is 3.63. The van der Waals surface area contributed by atoms with Crippen LogP contribution in [0, 0.1) is 0 Å². The van der Waals surface area contributed by atoms with Gasteiger partial charge in [0.05, 0.1) is 13.2 Å². The van der Waals surface area contributed by atoms with Crippen molar-refractivity contribution in [1.29, 1.82) is 0 Å². The molecule has 1 saturated heterocycles. The molecule has 0 saturated carbocycles. The Bertz CT molecular complexity index is 455. The Hall–Kier alpha value is -1.21. The molecule has 1 atom stereocenters. The van der Waals surface area contributed by atoms with Crippen molar-refractivity contribution >= 4 is 27.7 Å². The number of nitrogens with zero attached hydrogens (tertiary/aromatic N) is 3. The van der Waals surface area contributed by atoms with Crippen molar-refractivity contribution in [2.75, 3.05) is 24.7 Å². The number of ether oxygens (including phenoxy) is 1. The summed E-state index contributed by atoms with van der Waals surface area (Å²) in [5, 5.41) is 2.91. The lowest BCUT2D eigenvalue weighted by atomic mass is 10.2. The van der Waals surface area contributed by atoms with E-state index in [4.69, 9.17) is 4.74 Å². The zero-order valence-electron chi connectivity index (χ0n) is 11.0. The molecule has 6 nitrogen and oxygen atoms in total. The maximum Gasteiger partial charge on any atom is 0.245 e. The average molecular weight is 329 g/mol. The Balaban J connectivity index is 2.18. The molecule has 1 fully saturated rings. The molecule has 0 aliphatic carbocycles. The first-order chi connectivity index (χ1) is 9.08. The standard InChI is InChI=1S/C12H17BrN4O2/c1-8(2)16-12(18)9-6-19-4-3-17(9)11-5-10(13)14-7-15-11/h5,7-9H,3-4,6H2,1-2H3,(H,16,18). The Kier molecular flexibility index (Phi) is 4.71. The molecule has 1 aromatic heterocycles. The molecule has 104 valence electrons. The summed E-state index contributed by atoms with van der Waals surface area (Å²) in [6.07, 6.45) is 1.48. The quantitative estimate of drug-likeness (QED) is 0.837. The minimum atomic E-state index is -0.349. The van der Waals surface area contributed by atoms with E-state index in [0.717, 1.165) is 5.82 Å². The zero-order chi connectivity index (χ0) is 13.8. The molecule has 19 heavy (non-hydrogen) atoms. The van der Waals surface area contributed by atoms with E-state index in [0.29, 0.717) is 24.4 Å². The van der Waals surface area contributed by atoms with Crippen molar-refractivity contribution in [3.8, 4) is 0 Å². The highest BCUT2D eigenvalue weighted by Crippen LogP contribution is 2.19. The topological polar surface area (TPSA) is 67.3 Å². The van der Waals surface area contributed by atoms with Crippen LogP contribution in [-0.2, 0) is 9.53 Å². The maximum atomic E-state index is 12.2. The van der Waals surface area contributed by atoms with Gasteiger partial charge in [-0.3, -0.25) is 4.79 Å². The van der Waals surface area contributed by atoms with Gasteiger partial charge >= 0.3 is 0 Å². The van der Waals surface area contributed by atoms with E-state index in [1.54, 1.807) is 6.07 Å². The molecular weight excluding hydrogens is 312 g/mol. The molecule has 0 aromatic carbocycles. The Morgan fingerprint density at radius 2 is 2.37 bits per heavy atom. The van der Waals surface area contributed by atoms with Gasteiger partial charge in [-0.25, -0.2) is 9.97 Å². The maximum absolute atomic E-state index is 12.2. The van der Waals surface area contributed by atoms with Gasteiger partial charge in [0.2, 0.25) is 5.91 Å². The fourth-order valence-corrected chi connectivity index (χ4v) is 2.25. The first kappa shape index (κ1) is 14.2. The van der Waals surface area contributed by atoms with Gasteiger partial charge in [0, 0.05) is 18.7 Å². The number of aromatic nitrogens is 2. The number of rotatable bonds is 3. The number of halogens is 1. The van der Waals surface area contributed by atoms with Crippen molar-refractivity contribution in [2.24, 2.45) is 0 Å². The highest BCUT2D eigenvalue weighted by molar-refractivity contribution is 9.10. The van der Waals surface area contributed by atoms with Gasteiger partial charge in [-0.15, -0.1) is 0 Å². The van der Waals surface area contributed by atoms with Gasteiger partial charge in [-0.2, -0.15) is 0 Å². The summed E-state index contributed by atoms with van der Waals surface area (Å²) in [5.41, 5.74) is 0. The molecule has 1 aliphatic heterocycles. The van der Waals surface area contributed by atoms with Crippen LogP contribution < -0.4 is 10.2 Å². The summed E-state index contributed by atoms with van der Waals surface area (Å²) < 4.78 is 6.11. The van der Waals surface area contributed by atoms with Gasteiger partial charge in [0.15, 0.2) is 0 Å². The number of amides is 1. The summed E-state index contributed by atoms with van der Waals surface area (Å²) in [5.74, 6) is 0.693. The SMILES string of the molecule is CC(C)NC(=O)C1COCCN1c1cc(Br)ncn1. The summed E-state index contributed by atoms with van der Waals surface area (Å²) >= 11 is 3.32. The molecule has 1 aliphatic rings. The number of anilines is 1. The predicted molar refractivity (Wildman–Crippen MR) is 75.0 cm³/mol. The third-order valence-electron chi connectivity index (χ3n) is 2.78. The van der Waals surface area contributed by atoms with Crippen molar-refractivity contribution < 1.29 is 9.53 Å². The molecule has 0 radical (unpaired) electrons. The summed E-state index contributed by atoms with van der Waals surface area (Å²) in [7, 11) is 0. The molecular formula is C12H17BrN4O2. The number of morpholine rings is 1. The number of hydrogen-bond donors (Lipinski definition) is 1. The van der Waals surface area contributed by atoms with Gasteiger partial charge in [-0.05, 0) is 29.8 Å². The van der Waals surface area contributed by atoms with Crippen LogP contribution in [0.25, 0.3) is 0 Å². The molecule has 1 unspecified atom stereocenters. The first-order valence-electron chi connectivity index (χ1n) is 6.20. The smallest absolute Gasteiger partial charge is 0.245 e. The summed E-state index contributed by atoms with van der Waals surface area (Å²) in [6.45, 7) is 5.48. The van der Waals surface area contributed by atoms with Crippen molar-refractivity contribution in [2.45, 2.75) is 25.9 Å². The normalized spacial score (nSPS) is 19.6. The van der Waals surface area contributed by atoms with Crippen LogP contribution >= 0.6 is 15.9 Å². The second kappa shape index (κ2) is 6.29. The van der Waals surface area contributed by atoms with E-state index in [1.807, 2.05) is 18.7 Å². The summed E-state index contributed by atoms with van der Waals surface area (Å²) in [6, 6.07) is 1.56. The van der Waals surface area contributed by atoms with E-state index in [-0.39, 0.29) is 18.0 Å². The van der Waals surface area contributed by atoms with E-state index < -0.39 is 0 Å². The lowest BCUT2D eigenvalue weighted by Gasteiger charge is -2.35. The lowest BCUT2D eigenvalue weighted by molar-refractivity contribution is -0.125. The fraction of sp³-hybridized carbons (Fsp3) is 0.583. The third-order valence-corrected chi connectivity index (χ3v) is 3.21. The first-order valence-corrected chi connectivity index (χ1v) is 6.99. The van der Waals surface area contributed by atoms with Crippen LogP contribution in [0.2, 0.25) is 0 Å². The van der Waals surface area contributed by atoms with E-state index in [1.165, 1.54) is 6.33 Å². The van der Waals surface area contributed by atoms with Crippen molar-refractivity contribution in [3.05, 3.63) is 17.0 Å². The number of carbonyl (C=O) groups excluding carboxylic acids is 1. The highest BCUT2D eigenvalue weighted by Gasteiger charge is 2.30. The molecule has 2 rings (SSSR count). The van der Waals surface area contributed by atoms with Gasteiger partial charge in [-0.1, -0.05) is 0 Å². The minimum Gasteiger partial charge on any atom is -0.377 e. The molecule has 1 amide bonds. The van der Waals surface area contributed by atoms with Gasteiger partial charge < -0.3 is 15.0 Å². The Morgan fingerprint density at radius 1 is 1.58 bits per heavy atom. The second-order valence-corrected chi connectivity index (χ2v) is 5.46.